The van der Waals surface area contributed by atoms with Gasteiger partial charge in [-0.25, -0.2) is 0 Å². The van der Waals surface area contributed by atoms with E-state index in [0.717, 1.165) is 17.9 Å². The molecule has 2 N–H and O–H groups in total. The molecule has 2 rings (SSSR count). The minimum absolute atomic E-state index is 0. The number of halogens is 1. The van der Waals surface area contributed by atoms with Gasteiger partial charge in [-0.15, -0.1) is 12.4 Å². The summed E-state index contributed by atoms with van der Waals surface area (Å²) in [5.74, 6) is 1.43. The molecule has 5 nitrogen and oxygen atoms in total. The molecule has 118 valence electrons. The van der Waals surface area contributed by atoms with E-state index < -0.39 is 6.04 Å². The number of ether oxygens (including phenoxy) is 2. The van der Waals surface area contributed by atoms with Gasteiger partial charge in [0.2, 0.25) is 5.91 Å². The Morgan fingerprint density at radius 1 is 1.43 bits per heavy atom. The van der Waals surface area contributed by atoms with E-state index in [0.29, 0.717) is 19.6 Å². The number of para-hydroxylation sites is 2. The standard InChI is InChI=1S/C15H22N2O3.ClH/c1-3-6-12(16)15(18)17(2)9-11-10-19-13-7-4-5-8-14(13)20-11;/h4-5,7-8,11-12H,3,6,9-10,16H2,1-2H3;1H. The van der Waals surface area contributed by atoms with Crippen molar-refractivity contribution in [1.82, 2.24) is 4.90 Å². The Morgan fingerprint density at radius 3 is 2.76 bits per heavy atom. The van der Waals surface area contributed by atoms with E-state index >= 15 is 0 Å². The molecule has 0 saturated heterocycles. The Labute approximate surface area is 131 Å². The smallest absolute Gasteiger partial charge is 0.239 e. The number of rotatable bonds is 5. The Bertz CT molecular complexity index is 470. The number of carbonyl (C=O) groups is 1. The quantitative estimate of drug-likeness (QED) is 0.900. The number of likely N-dealkylation sites (N-methyl/N-ethyl adjacent to an activating group) is 1. The zero-order chi connectivity index (χ0) is 14.5. The molecule has 1 heterocycles. The molecule has 1 aromatic carbocycles. The van der Waals surface area contributed by atoms with Crippen LogP contribution in [0.15, 0.2) is 24.3 Å². The van der Waals surface area contributed by atoms with Crippen molar-refractivity contribution in [2.45, 2.75) is 31.9 Å². The molecule has 0 bridgehead atoms. The first-order valence-electron chi connectivity index (χ1n) is 7.01. The summed E-state index contributed by atoms with van der Waals surface area (Å²) in [4.78, 5) is 13.7. The van der Waals surface area contributed by atoms with Crippen LogP contribution >= 0.6 is 12.4 Å². The third-order valence-electron chi connectivity index (χ3n) is 3.34. The SMILES string of the molecule is CCCC(N)C(=O)N(C)CC1COc2ccccc2O1.Cl. The highest BCUT2D eigenvalue weighted by Crippen LogP contribution is 2.30. The summed E-state index contributed by atoms with van der Waals surface area (Å²) in [5.41, 5.74) is 5.85. The van der Waals surface area contributed by atoms with E-state index in [9.17, 15) is 4.79 Å². The summed E-state index contributed by atoms with van der Waals surface area (Å²) < 4.78 is 11.5. The molecular weight excluding hydrogens is 292 g/mol. The van der Waals surface area contributed by atoms with Gasteiger partial charge in [-0.2, -0.15) is 0 Å². The summed E-state index contributed by atoms with van der Waals surface area (Å²) >= 11 is 0. The first-order chi connectivity index (χ1) is 9.61. The van der Waals surface area contributed by atoms with Crippen LogP contribution in [0.4, 0.5) is 0 Å². The van der Waals surface area contributed by atoms with Gasteiger partial charge in [0, 0.05) is 7.05 Å². The van der Waals surface area contributed by atoms with E-state index in [1.54, 1.807) is 11.9 Å². The zero-order valence-corrected chi connectivity index (χ0v) is 13.3. The maximum atomic E-state index is 12.1. The molecule has 0 spiro atoms. The molecule has 1 aliphatic rings. The normalized spacial score (nSPS) is 17.6. The van der Waals surface area contributed by atoms with E-state index in [1.807, 2.05) is 31.2 Å². The van der Waals surface area contributed by atoms with Crippen molar-refractivity contribution >= 4 is 18.3 Å². The van der Waals surface area contributed by atoms with Crippen LogP contribution in [0.2, 0.25) is 0 Å². The number of benzene rings is 1. The third-order valence-corrected chi connectivity index (χ3v) is 3.34. The first-order valence-corrected chi connectivity index (χ1v) is 7.01. The van der Waals surface area contributed by atoms with Gasteiger partial charge in [0.1, 0.15) is 6.61 Å². The van der Waals surface area contributed by atoms with Crippen molar-refractivity contribution in [3.63, 3.8) is 0 Å². The lowest BCUT2D eigenvalue weighted by molar-refractivity contribution is -0.132. The summed E-state index contributed by atoms with van der Waals surface area (Å²) in [5, 5.41) is 0. The van der Waals surface area contributed by atoms with Crippen molar-refractivity contribution < 1.29 is 14.3 Å². The summed E-state index contributed by atoms with van der Waals surface area (Å²) in [6.07, 6.45) is 1.44. The topological polar surface area (TPSA) is 64.8 Å². The molecule has 1 aromatic rings. The fourth-order valence-electron chi connectivity index (χ4n) is 2.27. The highest BCUT2D eigenvalue weighted by molar-refractivity contribution is 5.85. The van der Waals surface area contributed by atoms with E-state index in [-0.39, 0.29) is 24.4 Å². The largest absolute Gasteiger partial charge is 0.486 e. The number of nitrogens with zero attached hydrogens (tertiary/aromatic N) is 1. The molecule has 0 aromatic heterocycles. The molecule has 0 radical (unpaired) electrons. The van der Waals surface area contributed by atoms with Gasteiger partial charge in [0.05, 0.1) is 12.6 Å². The lowest BCUT2D eigenvalue weighted by Gasteiger charge is -2.30. The van der Waals surface area contributed by atoms with Crippen LogP contribution in [0, 0.1) is 0 Å². The molecule has 0 aliphatic carbocycles. The Hall–Kier alpha value is -1.46. The van der Waals surface area contributed by atoms with Gasteiger partial charge in [-0.3, -0.25) is 4.79 Å². The van der Waals surface area contributed by atoms with Gasteiger partial charge in [-0.1, -0.05) is 25.5 Å². The van der Waals surface area contributed by atoms with Crippen LogP contribution in [0.5, 0.6) is 11.5 Å². The second kappa shape index (κ2) is 8.10. The first kappa shape index (κ1) is 17.6. The maximum Gasteiger partial charge on any atom is 0.239 e. The minimum atomic E-state index is -0.429. The highest BCUT2D eigenvalue weighted by Gasteiger charge is 2.25. The van der Waals surface area contributed by atoms with E-state index in [4.69, 9.17) is 15.2 Å². The number of hydrogen-bond donors (Lipinski definition) is 1. The molecule has 0 saturated carbocycles. The summed E-state index contributed by atoms with van der Waals surface area (Å²) in [7, 11) is 1.75. The Balaban J connectivity index is 0.00000220. The lowest BCUT2D eigenvalue weighted by Crippen LogP contribution is -2.47. The molecule has 1 aliphatic heterocycles. The average molecular weight is 315 g/mol. The molecule has 6 heteroatoms. The van der Waals surface area contributed by atoms with Gasteiger partial charge in [0.15, 0.2) is 17.6 Å². The third kappa shape index (κ3) is 4.51. The number of amides is 1. The lowest BCUT2D eigenvalue weighted by atomic mass is 10.1. The fourth-order valence-corrected chi connectivity index (χ4v) is 2.27. The molecular formula is C15H23ClN2O3. The monoisotopic (exact) mass is 314 g/mol. The molecule has 0 fully saturated rings. The van der Waals surface area contributed by atoms with Crippen LogP contribution in [-0.2, 0) is 4.79 Å². The minimum Gasteiger partial charge on any atom is -0.486 e. The fraction of sp³-hybridized carbons (Fsp3) is 0.533. The number of hydrogen-bond acceptors (Lipinski definition) is 4. The van der Waals surface area contributed by atoms with E-state index in [1.165, 1.54) is 0 Å². The van der Waals surface area contributed by atoms with Crippen LogP contribution in [-0.4, -0.2) is 43.2 Å². The van der Waals surface area contributed by atoms with Gasteiger partial charge >= 0.3 is 0 Å². The number of nitrogens with two attached hydrogens (primary N) is 1. The van der Waals surface area contributed by atoms with Gasteiger partial charge < -0.3 is 20.1 Å². The van der Waals surface area contributed by atoms with Crippen LogP contribution in [0.25, 0.3) is 0 Å². The Morgan fingerprint density at radius 2 is 2.10 bits per heavy atom. The predicted molar refractivity (Wildman–Crippen MR) is 84.1 cm³/mol. The van der Waals surface area contributed by atoms with Crippen molar-refractivity contribution in [3.8, 4) is 11.5 Å². The van der Waals surface area contributed by atoms with Crippen molar-refractivity contribution in [2.24, 2.45) is 5.73 Å². The van der Waals surface area contributed by atoms with Gasteiger partial charge in [0.25, 0.3) is 0 Å². The summed E-state index contributed by atoms with van der Waals surface area (Å²) in [6, 6.07) is 7.12. The number of carbonyl (C=O) groups excluding carboxylic acids is 1. The molecule has 2 atom stereocenters. The predicted octanol–water partition coefficient (Wildman–Crippen LogP) is 1.83. The van der Waals surface area contributed by atoms with Crippen LogP contribution < -0.4 is 15.2 Å². The maximum absolute atomic E-state index is 12.1. The van der Waals surface area contributed by atoms with Crippen molar-refractivity contribution in [2.75, 3.05) is 20.2 Å². The van der Waals surface area contributed by atoms with Crippen LogP contribution in [0.3, 0.4) is 0 Å². The molecule has 1 amide bonds. The van der Waals surface area contributed by atoms with Crippen LogP contribution in [0.1, 0.15) is 19.8 Å². The van der Waals surface area contributed by atoms with Gasteiger partial charge in [-0.05, 0) is 18.6 Å². The zero-order valence-electron chi connectivity index (χ0n) is 12.5. The van der Waals surface area contributed by atoms with Crippen molar-refractivity contribution in [1.29, 1.82) is 0 Å². The van der Waals surface area contributed by atoms with Crippen molar-refractivity contribution in [3.05, 3.63) is 24.3 Å². The summed E-state index contributed by atoms with van der Waals surface area (Å²) in [6.45, 7) is 2.93. The molecule has 2 unspecified atom stereocenters. The number of fused-ring (bicyclic) bond motifs is 1. The second-order valence-corrected chi connectivity index (χ2v) is 5.11. The highest BCUT2D eigenvalue weighted by atomic mass is 35.5. The van der Waals surface area contributed by atoms with E-state index in [2.05, 4.69) is 0 Å². The second-order valence-electron chi connectivity index (χ2n) is 5.11. The Kier molecular flexibility index (Phi) is 6.78. The molecule has 21 heavy (non-hydrogen) atoms. The average Bonchev–Trinajstić information content (AvgIpc) is 2.46.